The molecule has 2 N–H and O–H groups in total. The van der Waals surface area contributed by atoms with Gasteiger partial charge in [-0.05, 0) is 12.0 Å². The lowest BCUT2D eigenvalue weighted by Gasteiger charge is -1.98. The Bertz CT molecular complexity index is 445. The molecule has 0 radical (unpaired) electrons. The van der Waals surface area contributed by atoms with Gasteiger partial charge < -0.3 is 10.2 Å². The lowest BCUT2D eigenvalue weighted by molar-refractivity contribution is 0.496. The van der Waals surface area contributed by atoms with Gasteiger partial charge in [0.2, 0.25) is 0 Å². The van der Waals surface area contributed by atoms with E-state index in [9.17, 15) is 0 Å². The Hall–Kier alpha value is -1.61. The lowest BCUT2D eigenvalue weighted by atomic mass is 10.1. The predicted octanol–water partition coefficient (Wildman–Crippen LogP) is 2.41. The number of nitrogens with two attached hydrogens (primary N) is 1. The van der Waals surface area contributed by atoms with Gasteiger partial charge in [0.15, 0.2) is 5.89 Å². The molecule has 2 aromatic rings. The van der Waals surface area contributed by atoms with E-state index in [0.29, 0.717) is 18.9 Å². The number of oxazole rings is 1. The quantitative estimate of drug-likeness (QED) is 0.853. The van der Waals surface area contributed by atoms with E-state index in [1.54, 1.807) is 6.26 Å². The first kappa shape index (κ1) is 10.9. The van der Waals surface area contributed by atoms with Crippen molar-refractivity contribution in [3.63, 3.8) is 0 Å². The third kappa shape index (κ3) is 2.31. The number of aromatic nitrogens is 1. The van der Waals surface area contributed by atoms with Crippen molar-refractivity contribution in [2.24, 2.45) is 5.73 Å². The summed E-state index contributed by atoms with van der Waals surface area (Å²) in [6.07, 6.45) is 3.43. The molecular formula is C13H16N2O. The van der Waals surface area contributed by atoms with E-state index >= 15 is 0 Å². The van der Waals surface area contributed by atoms with Gasteiger partial charge >= 0.3 is 0 Å². The van der Waals surface area contributed by atoms with Crippen LogP contribution in [0.4, 0.5) is 0 Å². The SMILES string of the molecule is CCc1ccc(-c2coc(CCN)n2)cc1. The molecule has 0 fully saturated rings. The normalized spacial score (nSPS) is 10.6. The maximum Gasteiger partial charge on any atom is 0.195 e. The smallest absolute Gasteiger partial charge is 0.195 e. The van der Waals surface area contributed by atoms with Crippen LogP contribution < -0.4 is 5.73 Å². The van der Waals surface area contributed by atoms with Gasteiger partial charge in [0.1, 0.15) is 12.0 Å². The van der Waals surface area contributed by atoms with Crippen molar-refractivity contribution in [3.05, 3.63) is 42.0 Å². The monoisotopic (exact) mass is 216 g/mol. The molecule has 3 heteroatoms. The largest absolute Gasteiger partial charge is 0.448 e. The highest BCUT2D eigenvalue weighted by Gasteiger charge is 2.05. The minimum absolute atomic E-state index is 0.564. The lowest BCUT2D eigenvalue weighted by Crippen LogP contribution is -2.02. The van der Waals surface area contributed by atoms with Gasteiger partial charge in [-0.2, -0.15) is 0 Å². The van der Waals surface area contributed by atoms with E-state index in [1.807, 2.05) is 0 Å². The van der Waals surface area contributed by atoms with Crippen molar-refractivity contribution in [1.82, 2.24) is 4.98 Å². The Labute approximate surface area is 95.3 Å². The van der Waals surface area contributed by atoms with Gasteiger partial charge in [0, 0.05) is 18.5 Å². The second kappa shape index (κ2) is 4.94. The Morgan fingerprint density at radius 1 is 1.25 bits per heavy atom. The first-order valence-electron chi connectivity index (χ1n) is 5.57. The van der Waals surface area contributed by atoms with Crippen molar-refractivity contribution in [3.8, 4) is 11.3 Å². The minimum Gasteiger partial charge on any atom is -0.448 e. The molecule has 0 atom stereocenters. The van der Waals surface area contributed by atoms with Crippen LogP contribution >= 0.6 is 0 Å². The zero-order valence-corrected chi connectivity index (χ0v) is 9.44. The van der Waals surface area contributed by atoms with Gasteiger partial charge in [-0.3, -0.25) is 0 Å². The van der Waals surface area contributed by atoms with E-state index in [4.69, 9.17) is 10.2 Å². The molecule has 16 heavy (non-hydrogen) atoms. The van der Waals surface area contributed by atoms with Gasteiger partial charge in [0.05, 0.1) is 0 Å². The van der Waals surface area contributed by atoms with Crippen molar-refractivity contribution in [2.75, 3.05) is 6.54 Å². The second-order valence-corrected chi connectivity index (χ2v) is 3.72. The second-order valence-electron chi connectivity index (χ2n) is 3.72. The molecule has 0 amide bonds. The van der Waals surface area contributed by atoms with E-state index in [-0.39, 0.29) is 0 Å². The third-order valence-corrected chi connectivity index (χ3v) is 2.57. The maximum absolute atomic E-state index is 5.45. The zero-order chi connectivity index (χ0) is 11.4. The number of hydrogen-bond acceptors (Lipinski definition) is 3. The highest BCUT2D eigenvalue weighted by molar-refractivity contribution is 5.58. The summed E-state index contributed by atoms with van der Waals surface area (Å²) in [5.41, 5.74) is 8.74. The Balaban J connectivity index is 2.21. The predicted molar refractivity (Wildman–Crippen MR) is 64.1 cm³/mol. The first-order valence-corrected chi connectivity index (χ1v) is 5.57. The van der Waals surface area contributed by atoms with E-state index in [2.05, 4.69) is 36.2 Å². The summed E-state index contributed by atoms with van der Waals surface area (Å²) in [5, 5.41) is 0. The molecule has 0 aliphatic carbocycles. The highest BCUT2D eigenvalue weighted by Crippen LogP contribution is 2.19. The summed E-state index contributed by atoms with van der Waals surface area (Å²) in [6, 6.07) is 8.38. The standard InChI is InChI=1S/C13H16N2O/c1-2-10-3-5-11(6-4-10)12-9-16-13(15-12)7-8-14/h3-6,9H,2,7-8,14H2,1H3. The third-order valence-electron chi connectivity index (χ3n) is 2.57. The van der Waals surface area contributed by atoms with Crippen molar-refractivity contribution in [1.29, 1.82) is 0 Å². The number of benzene rings is 1. The Morgan fingerprint density at radius 3 is 2.62 bits per heavy atom. The van der Waals surface area contributed by atoms with E-state index in [1.165, 1.54) is 5.56 Å². The first-order chi connectivity index (χ1) is 7.83. The summed E-state index contributed by atoms with van der Waals surface area (Å²) >= 11 is 0. The average molecular weight is 216 g/mol. The van der Waals surface area contributed by atoms with E-state index < -0.39 is 0 Å². The fourth-order valence-corrected chi connectivity index (χ4v) is 1.59. The van der Waals surface area contributed by atoms with Crippen LogP contribution in [0.1, 0.15) is 18.4 Å². The van der Waals surface area contributed by atoms with Crippen LogP contribution in [0, 0.1) is 0 Å². The summed E-state index contributed by atoms with van der Waals surface area (Å²) in [7, 11) is 0. The van der Waals surface area contributed by atoms with Gasteiger partial charge in [-0.15, -0.1) is 0 Å². The molecule has 3 nitrogen and oxygen atoms in total. The van der Waals surface area contributed by atoms with Crippen LogP contribution in [0.25, 0.3) is 11.3 Å². The van der Waals surface area contributed by atoms with Crippen LogP contribution in [0.5, 0.6) is 0 Å². The minimum atomic E-state index is 0.564. The molecule has 0 bridgehead atoms. The molecule has 1 aromatic carbocycles. The van der Waals surface area contributed by atoms with Crippen LogP contribution in [0.2, 0.25) is 0 Å². The molecule has 0 aliphatic heterocycles. The molecule has 1 heterocycles. The summed E-state index contributed by atoms with van der Waals surface area (Å²) in [4.78, 5) is 4.38. The number of aryl methyl sites for hydroxylation is 1. The fourth-order valence-electron chi connectivity index (χ4n) is 1.59. The molecule has 1 aromatic heterocycles. The van der Waals surface area contributed by atoms with Crippen LogP contribution in [0.15, 0.2) is 34.9 Å². The topological polar surface area (TPSA) is 52.0 Å². The molecule has 2 rings (SSSR count). The fraction of sp³-hybridized carbons (Fsp3) is 0.308. The zero-order valence-electron chi connectivity index (χ0n) is 9.44. The van der Waals surface area contributed by atoms with Crippen LogP contribution in [-0.2, 0) is 12.8 Å². The van der Waals surface area contributed by atoms with Gasteiger partial charge in [-0.1, -0.05) is 31.2 Å². The molecule has 0 spiro atoms. The molecular weight excluding hydrogens is 200 g/mol. The van der Waals surface area contributed by atoms with Gasteiger partial charge in [0.25, 0.3) is 0 Å². The van der Waals surface area contributed by atoms with Crippen molar-refractivity contribution < 1.29 is 4.42 Å². The number of nitrogens with zero attached hydrogens (tertiary/aromatic N) is 1. The number of rotatable bonds is 4. The number of hydrogen-bond donors (Lipinski definition) is 1. The molecule has 84 valence electrons. The van der Waals surface area contributed by atoms with Gasteiger partial charge in [-0.25, -0.2) is 4.98 Å². The summed E-state index contributed by atoms with van der Waals surface area (Å²) < 4.78 is 5.32. The molecule has 0 aliphatic rings. The molecule has 0 saturated heterocycles. The maximum atomic E-state index is 5.45. The Morgan fingerprint density at radius 2 is 2.00 bits per heavy atom. The summed E-state index contributed by atoms with van der Waals surface area (Å²) in [5.74, 6) is 0.706. The van der Waals surface area contributed by atoms with Crippen molar-refractivity contribution in [2.45, 2.75) is 19.8 Å². The average Bonchev–Trinajstić information content (AvgIpc) is 2.78. The van der Waals surface area contributed by atoms with Crippen LogP contribution in [0.3, 0.4) is 0 Å². The molecule has 0 saturated carbocycles. The Kier molecular flexibility index (Phi) is 3.37. The van der Waals surface area contributed by atoms with E-state index in [0.717, 1.165) is 17.7 Å². The highest BCUT2D eigenvalue weighted by atomic mass is 16.3. The molecule has 0 unspecified atom stereocenters. The summed E-state index contributed by atoms with van der Waals surface area (Å²) in [6.45, 7) is 2.71. The van der Waals surface area contributed by atoms with Crippen molar-refractivity contribution >= 4 is 0 Å². The van der Waals surface area contributed by atoms with Crippen LogP contribution in [-0.4, -0.2) is 11.5 Å².